The molecule has 6 nitrogen and oxygen atoms in total. The van der Waals surface area contributed by atoms with E-state index in [2.05, 4.69) is 5.32 Å². The predicted molar refractivity (Wildman–Crippen MR) is 54.6 cm³/mol. The molecular weight excluding hydrogens is 219 g/mol. The molecule has 0 fully saturated rings. The van der Waals surface area contributed by atoms with Crippen molar-refractivity contribution in [2.75, 3.05) is 18.5 Å². The number of aliphatic hydroxyl groups excluding tert-OH is 2. The molecule has 0 spiro atoms. The van der Waals surface area contributed by atoms with Gasteiger partial charge in [-0.15, -0.1) is 0 Å². The molecule has 16 heavy (non-hydrogen) atoms. The number of aliphatic hydroxyl groups is 2. The van der Waals surface area contributed by atoms with Gasteiger partial charge in [-0.2, -0.15) is 0 Å². The van der Waals surface area contributed by atoms with Gasteiger partial charge in [-0.25, -0.2) is 4.39 Å². The number of halogens is 1. The number of nitrogens with zero attached hydrogens (tertiary/aromatic N) is 1. The van der Waals surface area contributed by atoms with Crippen LogP contribution in [0.15, 0.2) is 18.2 Å². The Hall–Kier alpha value is -1.73. The summed E-state index contributed by atoms with van der Waals surface area (Å²) >= 11 is 0. The molecule has 0 bridgehead atoms. The summed E-state index contributed by atoms with van der Waals surface area (Å²) in [5.74, 6) is -0.778. The Balaban J connectivity index is 2.72. The van der Waals surface area contributed by atoms with Crippen LogP contribution in [-0.2, 0) is 0 Å². The first kappa shape index (κ1) is 12.3. The number of nitro groups is 1. The van der Waals surface area contributed by atoms with Crippen LogP contribution in [0.25, 0.3) is 0 Å². The summed E-state index contributed by atoms with van der Waals surface area (Å²) in [7, 11) is 0. The van der Waals surface area contributed by atoms with E-state index in [1.54, 1.807) is 0 Å². The van der Waals surface area contributed by atoms with Crippen LogP contribution in [0.5, 0.6) is 0 Å². The van der Waals surface area contributed by atoms with Crippen LogP contribution in [0.2, 0.25) is 0 Å². The molecule has 0 aliphatic heterocycles. The van der Waals surface area contributed by atoms with Gasteiger partial charge in [0.2, 0.25) is 0 Å². The Morgan fingerprint density at radius 3 is 2.75 bits per heavy atom. The second-order valence-electron chi connectivity index (χ2n) is 3.14. The Morgan fingerprint density at radius 1 is 1.56 bits per heavy atom. The van der Waals surface area contributed by atoms with E-state index in [0.29, 0.717) is 0 Å². The lowest BCUT2D eigenvalue weighted by molar-refractivity contribution is -0.385. The quantitative estimate of drug-likeness (QED) is 0.505. The zero-order valence-corrected chi connectivity index (χ0v) is 8.26. The summed E-state index contributed by atoms with van der Waals surface area (Å²) in [5.41, 5.74) is -0.302. The number of hydrogen-bond acceptors (Lipinski definition) is 5. The summed E-state index contributed by atoms with van der Waals surface area (Å²) < 4.78 is 13.3. The molecule has 0 amide bonds. The first-order chi connectivity index (χ1) is 7.54. The fourth-order valence-corrected chi connectivity index (χ4v) is 1.05. The van der Waals surface area contributed by atoms with E-state index in [1.807, 2.05) is 0 Å². The summed E-state index contributed by atoms with van der Waals surface area (Å²) in [6, 6.07) is 3.14. The van der Waals surface area contributed by atoms with E-state index in [4.69, 9.17) is 10.2 Å². The van der Waals surface area contributed by atoms with Gasteiger partial charge in [0.05, 0.1) is 29.4 Å². The smallest absolute Gasteiger partial charge is 0.272 e. The van der Waals surface area contributed by atoms with Crippen molar-refractivity contribution < 1.29 is 19.5 Å². The van der Waals surface area contributed by atoms with Crippen molar-refractivity contribution in [2.45, 2.75) is 6.10 Å². The van der Waals surface area contributed by atoms with E-state index in [-0.39, 0.29) is 17.9 Å². The van der Waals surface area contributed by atoms with Crippen molar-refractivity contribution >= 4 is 11.4 Å². The average Bonchev–Trinajstić information content (AvgIpc) is 2.26. The largest absolute Gasteiger partial charge is 0.394 e. The van der Waals surface area contributed by atoms with Crippen LogP contribution in [0, 0.1) is 15.9 Å². The molecule has 1 atom stereocenters. The third-order valence-corrected chi connectivity index (χ3v) is 1.90. The lowest BCUT2D eigenvalue weighted by Gasteiger charge is -2.10. The Bertz CT molecular complexity index is 386. The summed E-state index contributed by atoms with van der Waals surface area (Å²) in [6.07, 6.45) is -1.01. The van der Waals surface area contributed by atoms with Crippen LogP contribution < -0.4 is 5.32 Å². The molecule has 1 aromatic rings. The molecule has 0 radical (unpaired) electrons. The van der Waals surface area contributed by atoms with Crippen molar-refractivity contribution in [3.05, 3.63) is 34.1 Å². The monoisotopic (exact) mass is 230 g/mol. The molecule has 1 aromatic carbocycles. The second kappa shape index (κ2) is 5.38. The molecule has 88 valence electrons. The predicted octanol–water partition coefficient (Wildman–Crippen LogP) is 0.499. The number of nitrogens with one attached hydrogen (secondary N) is 1. The molecule has 1 unspecified atom stereocenters. The number of rotatable bonds is 5. The van der Waals surface area contributed by atoms with Crippen molar-refractivity contribution in [2.24, 2.45) is 0 Å². The van der Waals surface area contributed by atoms with E-state index in [0.717, 1.165) is 12.1 Å². The average molecular weight is 230 g/mol. The zero-order chi connectivity index (χ0) is 12.1. The molecule has 0 heterocycles. The molecule has 1 rings (SSSR count). The molecule has 0 aromatic heterocycles. The van der Waals surface area contributed by atoms with Crippen molar-refractivity contribution in [1.29, 1.82) is 0 Å². The van der Waals surface area contributed by atoms with Gasteiger partial charge >= 0.3 is 0 Å². The van der Waals surface area contributed by atoms with Gasteiger partial charge < -0.3 is 15.5 Å². The van der Waals surface area contributed by atoms with E-state index >= 15 is 0 Å². The van der Waals surface area contributed by atoms with Gasteiger partial charge in [-0.05, 0) is 6.07 Å². The Kier molecular flexibility index (Phi) is 4.15. The minimum absolute atomic E-state index is 0.0365. The summed E-state index contributed by atoms with van der Waals surface area (Å²) in [6.45, 7) is -0.479. The minimum atomic E-state index is -1.01. The fraction of sp³-hybridized carbons (Fsp3) is 0.333. The Labute approximate surface area is 90.5 Å². The van der Waals surface area contributed by atoms with Crippen molar-refractivity contribution in [3.63, 3.8) is 0 Å². The molecule has 0 saturated carbocycles. The van der Waals surface area contributed by atoms with Gasteiger partial charge in [-0.3, -0.25) is 10.1 Å². The Morgan fingerprint density at radius 2 is 2.25 bits per heavy atom. The lowest BCUT2D eigenvalue weighted by Crippen LogP contribution is -2.23. The van der Waals surface area contributed by atoms with Crippen LogP contribution in [0.1, 0.15) is 0 Å². The maximum atomic E-state index is 13.3. The van der Waals surface area contributed by atoms with Crippen LogP contribution >= 0.6 is 0 Å². The minimum Gasteiger partial charge on any atom is -0.394 e. The highest BCUT2D eigenvalue weighted by Gasteiger charge is 2.11. The fourth-order valence-electron chi connectivity index (χ4n) is 1.05. The number of benzene rings is 1. The first-order valence-electron chi connectivity index (χ1n) is 4.51. The van der Waals surface area contributed by atoms with Gasteiger partial charge in [0.25, 0.3) is 5.69 Å². The number of hydrogen-bond donors (Lipinski definition) is 3. The topological polar surface area (TPSA) is 95.6 Å². The highest BCUT2D eigenvalue weighted by atomic mass is 19.1. The number of non-ortho nitro benzene ring substituents is 1. The summed E-state index contributed by atoms with van der Waals surface area (Å²) in [4.78, 5) is 9.62. The molecule has 0 aliphatic rings. The van der Waals surface area contributed by atoms with Crippen LogP contribution in [-0.4, -0.2) is 34.4 Å². The first-order valence-corrected chi connectivity index (χ1v) is 4.51. The number of anilines is 1. The molecule has 7 heteroatoms. The van der Waals surface area contributed by atoms with Crippen LogP contribution in [0.4, 0.5) is 15.8 Å². The van der Waals surface area contributed by atoms with E-state index < -0.39 is 23.5 Å². The lowest BCUT2D eigenvalue weighted by atomic mass is 10.2. The maximum Gasteiger partial charge on any atom is 0.272 e. The standard InChI is InChI=1S/C9H11FN2O4/c10-8-3-6(12(15)16)1-2-9(8)11-4-7(14)5-13/h1-3,7,11,13-14H,4-5H2. The zero-order valence-electron chi connectivity index (χ0n) is 8.26. The van der Waals surface area contributed by atoms with Gasteiger partial charge in [0.1, 0.15) is 0 Å². The van der Waals surface area contributed by atoms with Crippen molar-refractivity contribution in [3.8, 4) is 0 Å². The third kappa shape index (κ3) is 3.14. The second-order valence-corrected chi connectivity index (χ2v) is 3.14. The molecule has 3 N–H and O–H groups in total. The van der Waals surface area contributed by atoms with Gasteiger partial charge in [-0.1, -0.05) is 0 Å². The highest BCUT2D eigenvalue weighted by molar-refractivity contribution is 5.50. The maximum absolute atomic E-state index is 13.3. The van der Waals surface area contributed by atoms with Crippen LogP contribution in [0.3, 0.4) is 0 Å². The SMILES string of the molecule is O=[N+]([O-])c1ccc(NCC(O)CO)c(F)c1. The van der Waals surface area contributed by atoms with Gasteiger partial charge in [0.15, 0.2) is 5.82 Å². The molecule has 0 saturated heterocycles. The van der Waals surface area contributed by atoms with E-state index in [1.165, 1.54) is 6.07 Å². The molecular formula is C9H11FN2O4. The third-order valence-electron chi connectivity index (χ3n) is 1.90. The molecule has 0 aliphatic carbocycles. The normalized spacial score (nSPS) is 12.2. The number of nitro benzene ring substituents is 1. The summed E-state index contributed by atoms with van der Waals surface area (Å²) in [5, 5.41) is 30.4. The van der Waals surface area contributed by atoms with Gasteiger partial charge in [0, 0.05) is 12.6 Å². The van der Waals surface area contributed by atoms with Crippen molar-refractivity contribution in [1.82, 2.24) is 0 Å². The highest BCUT2D eigenvalue weighted by Crippen LogP contribution is 2.20. The van der Waals surface area contributed by atoms with E-state index in [9.17, 15) is 14.5 Å².